The molecular weight excluding hydrogens is 276 g/mol. The Morgan fingerprint density at radius 2 is 1.95 bits per heavy atom. The summed E-state index contributed by atoms with van der Waals surface area (Å²) in [6, 6.07) is 7.18. The Balaban J connectivity index is 2.54. The monoisotopic (exact) mass is 292 g/mol. The van der Waals surface area contributed by atoms with Gasteiger partial charge in [0.15, 0.2) is 0 Å². The van der Waals surface area contributed by atoms with Crippen LogP contribution >= 0.6 is 11.6 Å². The SMILES string of the molecule is Cc1c(C(=O)O)c(CC(C)C)nn1-c1ccc(Cl)cc1. The summed E-state index contributed by atoms with van der Waals surface area (Å²) >= 11 is 5.87. The van der Waals surface area contributed by atoms with Crippen LogP contribution in [0.25, 0.3) is 5.69 Å². The summed E-state index contributed by atoms with van der Waals surface area (Å²) in [7, 11) is 0. The van der Waals surface area contributed by atoms with E-state index in [1.807, 2.05) is 26.0 Å². The third-order valence-corrected chi connectivity index (χ3v) is 3.33. The zero-order chi connectivity index (χ0) is 14.9. The van der Waals surface area contributed by atoms with Gasteiger partial charge in [0.1, 0.15) is 5.56 Å². The van der Waals surface area contributed by atoms with E-state index in [2.05, 4.69) is 5.10 Å². The second kappa shape index (κ2) is 5.67. The standard InChI is InChI=1S/C15H17ClN2O2/c1-9(2)8-13-14(15(19)20)10(3)18(17-13)12-6-4-11(16)5-7-12/h4-7,9H,8H2,1-3H3,(H,19,20). The number of nitrogens with zero attached hydrogens (tertiary/aromatic N) is 2. The Hall–Kier alpha value is -1.81. The molecule has 0 spiro atoms. The molecule has 0 atom stereocenters. The highest BCUT2D eigenvalue weighted by atomic mass is 35.5. The number of carbonyl (C=O) groups is 1. The quantitative estimate of drug-likeness (QED) is 0.934. The highest BCUT2D eigenvalue weighted by Crippen LogP contribution is 2.22. The van der Waals surface area contributed by atoms with Gasteiger partial charge in [0.25, 0.3) is 0 Å². The minimum atomic E-state index is -0.932. The van der Waals surface area contributed by atoms with E-state index in [9.17, 15) is 9.90 Å². The summed E-state index contributed by atoms with van der Waals surface area (Å²) in [6.07, 6.45) is 0.642. The van der Waals surface area contributed by atoms with Gasteiger partial charge in [0.05, 0.1) is 17.1 Å². The molecule has 0 saturated carbocycles. The van der Waals surface area contributed by atoms with Gasteiger partial charge in [0, 0.05) is 5.02 Å². The second-order valence-corrected chi connectivity index (χ2v) is 5.63. The fourth-order valence-corrected chi connectivity index (χ4v) is 2.33. The molecule has 0 saturated heterocycles. The van der Waals surface area contributed by atoms with Crippen LogP contribution in [0.3, 0.4) is 0 Å². The molecule has 5 heteroatoms. The lowest BCUT2D eigenvalue weighted by Crippen LogP contribution is -2.04. The van der Waals surface area contributed by atoms with Crippen molar-refractivity contribution in [1.82, 2.24) is 9.78 Å². The van der Waals surface area contributed by atoms with Crippen LogP contribution in [0.1, 0.15) is 35.6 Å². The van der Waals surface area contributed by atoms with E-state index in [0.29, 0.717) is 34.3 Å². The second-order valence-electron chi connectivity index (χ2n) is 5.20. The van der Waals surface area contributed by atoms with Crippen molar-refractivity contribution in [2.75, 3.05) is 0 Å². The van der Waals surface area contributed by atoms with Gasteiger partial charge in [-0.25, -0.2) is 9.48 Å². The molecule has 0 amide bonds. The van der Waals surface area contributed by atoms with Gasteiger partial charge in [-0.05, 0) is 43.5 Å². The van der Waals surface area contributed by atoms with Crippen LogP contribution in [-0.4, -0.2) is 20.9 Å². The van der Waals surface area contributed by atoms with Gasteiger partial charge in [-0.15, -0.1) is 0 Å². The van der Waals surface area contributed by atoms with Crippen molar-refractivity contribution < 1.29 is 9.90 Å². The van der Waals surface area contributed by atoms with E-state index in [4.69, 9.17) is 11.6 Å². The van der Waals surface area contributed by atoms with E-state index in [-0.39, 0.29) is 0 Å². The smallest absolute Gasteiger partial charge is 0.339 e. The van der Waals surface area contributed by atoms with Gasteiger partial charge in [-0.2, -0.15) is 5.10 Å². The Kier molecular flexibility index (Phi) is 4.14. The molecule has 1 heterocycles. The maximum atomic E-state index is 11.4. The van der Waals surface area contributed by atoms with Gasteiger partial charge in [-0.1, -0.05) is 25.4 Å². The Bertz CT molecular complexity index is 630. The molecule has 0 aliphatic heterocycles. The summed E-state index contributed by atoms with van der Waals surface area (Å²) in [5.41, 5.74) is 2.37. The molecule has 1 aromatic carbocycles. The minimum absolute atomic E-state index is 0.300. The number of rotatable bonds is 4. The van der Waals surface area contributed by atoms with Crippen LogP contribution in [0.5, 0.6) is 0 Å². The van der Waals surface area contributed by atoms with Crippen LogP contribution in [0.4, 0.5) is 0 Å². The van der Waals surface area contributed by atoms with Crippen LogP contribution in [0.15, 0.2) is 24.3 Å². The van der Waals surface area contributed by atoms with E-state index in [1.165, 1.54) is 0 Å². The Morgan fingerprint density at radius 3 is 2.45 bits per heavy atom. The van der Waals surface area contributed by atoms with Crippen LogP contribution in [-0.2, 0) is 6.42 Å². The molecule has 0 aliphatic rings. The average Bonchev–Trinajstić information content (AvgIpc) is 2.66. The van der Waals surface area contributed by atoms with E-state index in [0.717, 1.165) is 5.69 Å². The molecule has 1 aromatic heterocycles. The number of hydrogen-bond donors (Lipinski definition) is 1. The first-order valence-electron chi connectivity index (χ1n) is 6.48. The summed E-state index contributed by atoms with van der Waals surface area (Å²) in [5, 5.41) is 14.5. The fraction of sp³-hybridized carbons (Fsp3) is 0.333. The predicted octanol–water partition coefficient (Wildman–Crippen LogP) is 3.73. The summed E-state index contributed by atoms with van der Waals surface area (Å²) < 4.78 is 1.66. The topological polar surface area (TPSA) is 55.1 Å². The fourth-order valence-electron chi connectivity index (χ4n) is 2.20. The zero-order valence-electron chi connectivity index (χ0n) is 11.7. The maximum Gasteiger partial charge on any atom is 0.339 e. The van der Waals surface area contributed by atoms with E-state index < -0.39 is 5.97 Å². The number of carboxylic acid groups (broad SMARTS) is 1. The molecule has 20 heavy (non-hydrogen) atoms. The molecular formula is C15H17ClN2O2. The van der Waals surface area contributed by atoms with Gasteiger partial charge < -0.3 is 5.11 Å². The van der Waals surface area contributed by atoms with Crippen molar-refractivity contribution in [1.29, 1.82) is 0 Å². The van der Waals surface area contributed by atoms with Crippen LogP contribution < -0.4 is 0 Å². The first-order chi connectivity index (χ1) is 9.40. The van der Waals surface area contributed by atoms with Crippen molar-refractivity contribution in [2.24, 2.45) is 5.92 Å². The van der Waals surface area contributed by atoms with Crippen LogP contribution in [0, 0.1) is 12.8 Å². The van der Waals surface area contributed by atoms with Gasteiger partial charge >= 0.3 is 5.97 Å². The molecule has 106 valence electrons. The molecule has 0 radical (unpaired) electrons. The molecule has 0 unspecified atom stereocenters. The normalized spacial score (nSPS) is 11.1. The Morgan fingerprint density at radius 1 is 1.35 bits per heavy atom. The number of halogens is 1. The molecule has 1 N–H and O–H groups in total. The average molecular weight is 293 g/mol. The third-order valence-electron chi connectivity index (χ3n) is 3.08. The molecule has 2 rings (SSSR count). The molecule has 4 nitrogen and oxygen atoms in total. The lowest BCUT2D eigenvalue weighted by molar-refractivity contribution is 0.0694. The van der Waals surface area contributed by atoms with Gasteiger partial charge in [0.2, 0.25) is 0 Å². The summed E-state index contributed by atoms with van der Waals surface area (Å²) in [6.45, 7) is 5.86. The minimum Gasteiger partial charge on any atom is -0.478 e. The maximum absolute atomic E-state index is 11.4. The summed E-state index contributed by atoms with van der Waals surface area (Å²) in [4.78, 5) is 11.4. The lowest BCUT2D eigenvalue weighted by Gasteiger charge is -2.04. The molecule has 0 aliphatic carbocycles. The number of hydrogen-bond acceptors (Lipinski definition) is 2. The largest absolute Gasteiger partial charge is 0.478 e. The number of benzene rings is 1. The zero-order valence-corrected chi connectivity index (χ0v) is 12.5. The number of aromatic nitrogens is 2. The van der Waals surface area contributed by atoms with E-state index >= 15 is 0 Å². The predicted molar refractivity (Wildman–Crippen MR) is 78.8 cm³/mol. The third kappa shape index (κ3) is 2.85. The summed E-state index contributed by atoms with van der Waals surface area (Å²) in [5.74, 6) is -0.584. The van der Waals surface area contributed by atoms with Crippen LogP contribution in [0.2, 0.25) is 5.02 Å². The molecule has 2 aromatic rings. The van der Waals surface area contributed by atoms with Crippen molar-refractivity contribution in [3.05, 3.63) is 46.2 Å². The van der Waals surface area contributed by atoms with Crippen molar-refractivity contribution >= 4 is 17.6 Å². The Labute approximate surface area is 123 Å². The van der Waals surface area contributed by atoms with Crippen molar-refractivity contribution in [3.63, 3.8) is 0 Å². The number of carboxylic acids is 1. The number of aromatic carboxylic acids is 1. The van der Waals surface area contributed by atoms with E-state index in [1.54, 1.807) is 23.7 Å². The lowest BCUT2D eigenvalue weighted by atomic mass is 10.0. The highest BCUT2D eigenvalue weighted by molar-refractivity contribution is 6.30. The molecule has 0 fully saturated rings. The van der Waals surface area contributed by atoms with Gasteiger partial charge in [-0.3, -0.25) is 0 Å². The first-order valence-corrected chi connectivity index (χ1v) is 6.85. The van der Waals surface area contributed by atoms with Crippen molar-refractivity contribution in [3.8, 4) is 5.69 Å². The highest BCUT2D eigenvalue weighted by Gasteiger charge is 2.21. The van der Waals surface area contributed by atoms with Crippen molar-refractivity contribution in [2.45, 2.75) is 27.2 Å². The molecule has 0 bridgehead atoms. The first kappa shape index (κ1) is 14.6.